The summed E-state index contributed by atoms with van der Waals surface area (Å²) in [4.78, 5) is 9.03. The highest BCUT2D eigenvalue weighted by Gasteiger charge is 2.36. The van der Waals surface area contributed by atoms with E-state index in [0.717, 1.165) is 22.5 Å². The maximum Gasteiger partial charge on any atom is 0.282 e. The predicted molar refractivity (Wildman–Crippen MR) is 127 cm³/mol. The van der Waals surface area contributed by atoms with Gasteiger partial charge in [-0.3, -0.25) is 0 Å². The lowest BCUT2D eigenvalue weighted by atomic mass is 10.1. The highest BCUT2D eigenvalue weighted by Crippen LogP contribution is 2.34. The Bertz CT molecular complexity index is 1200. The fourth-order valence-electron chi connectivity index (χ4n) is 4.17. The fraction of sp³-hybridized carbons (Fsp3) is 0.292. The number of hydrogen-bond donors (Lipinski definition) is 1. The first-order chi connectivity index (χ1) is 15.4. The van der Waals surface area contributed by atoms with Crippen molar-refractivity contribution in [2.75, 3.05) is 25.5 Å². The molecule has 2 heterocycles. The summed E-state index contributed by atoms with van der Waals surface area (Å²) in [5.74, 6) is 0. The van der Waals surface area contributed by atoms with Crippen LogP contribution in [0, 0.1) is 6.57 Å². The number of nitrogens with zero attached hydrogens (tertiary/aromatic N) is 4. The number of hydrogen-bond acceptors (Lipinski definition) is 3. The molecule has 0 unspecified atom stereocenters. The fourth-order valence-corrected chi connectivity index (χ4v) is 5.41. The van der Waals surface area contributed by atoms with Gasteiger partial charge < -0.3 is 9.88 Å². The van der Waals surface area contributed by atoms with Crippen LogP contribution in [0.2, 0.25) is 0 Å². The Balaban J connectivity index is 1.81. The van der Waals surface area contributed by atoms with E-state index in [1.54, 1.807) is 24.5 Å². The van der Waals surface area contributed by atoms with Gasteiger partial charge in [-0.25, -0.2) is 4.85 Å². The van der Waals surface area contributed by atoms with E-state index < -0.39 is 10.2 Å². The van der Waals surface area contributed by atoms with Gasteiger partial charge in [0, 0.05) is 50.8 Å². The van der Waals surface area contributed by atoms with E-state index in [-0.39, 0.29) is 12.6 Å². The van der Waals surface area contributed by atoms with Gasteiger partial charge >= 0.3 is 0 Å². The third-order valence-electron chi connectivity index (χ3n) is 5.79. The summed E-state index contributed by atoms with van der Waals surface area (Å²) < 4.78 is 29.6. The zero-order valence-corrected chi connectivity index (χ0v) is 19.1. The first-order valence-electron chi connectivity index (χ1n) is 10.5. The standard InChI is InChI=1S/C24H27N5O2S/c1-25-21-11-12-24-20(15-21)16-29(32(30,31)27(2)3)23(14-19-8-5-4-6-9-19)18-28(24)17-22-10-7-13-26-22/h4-13,15,23,26H,14,16-18H2,2-3H3/t23-/m1/s1. The van der Waals surface area contributed by atoms with Gasteiger partial charge in [0.1, 0.15) is 0 Å². The molecule has 0 spiro atoms. The molecule has 4 rings (SSSR count). The molecule has 8 heteroatoms. The molecule has 32 heavy (non-hydrogen) atoms. The van der Waals surface area contributed by atoms with Gasteiger partial charge in [0.25, 0.3) is 10.2 Å². The second-order valence-corrected chi connectivity index (χ2v) is 10.3. The van der Waals surface area contributed by atoms with Gasteiger partial charge in [0.05, 0.1) is 13.1 Å². The van der Waals surface area contributed by atoms with Gasteiger partial charge in [-0.15, -0.1) is 0 Å². The summed E-state index contributed by atoms with van der Waals surface area (Å²) in [6.45, 7) is 8.80. The molecule has 0 saturated carbocycles. The van der Waals surface area contributed by atoms with Crippen LogP contribution in [-0.2, 0) is 29.7 Å². The molecule has 166 valence electrons. The Kier molecular flexibility index (Phi) is 6.33. The minimum atomic E-state index is -3.69. The SMILES string of the molecule is [C-]#[N+]c1ccc2c(c1)CN(S(=O)(=O)N(C)C)[C@H](Cc1ccccc1)CN2Cc1ccc[nH]1. The van der Waals surface area contributed by atoms with Gasteiger partial charge in [-0.1, -0.05) is 36.4 Å². The average Bonchev–Trinajstić information content (AvgIpc) is 3.24. The third-order valence-corrected chi connectivity index (χ3v) is 7.74. The largest absolute Gasteiger partial charge is 0.364 e. The van der Waals surface area contributed by atoms with Crippen molar-refractivity contribution in [3.63, 3.8) is 0 Å². The molecule has 0 aliphatic carbocycles. The van der Waals surface area contributed by atoms with E-state index in [2.05, 4.69) is 14.7 Å². The van der Waals surface area contributed by atoms with Crippen molar-refractivity contribution in [1.29, 1.82) is 0 Å². The molecule has 0 fully saturated rings. The summed E-state index contributed by atoms with van der Waals surface area (Å²) in [6, 6.07) is 19.2. The van der Waals surface area contributed by atoms with E-state index in [9.17, 15) is 8.42 Å². The molecule has 0 saturated heterocycles. The van der Waals surface area contributed by atoms with E-state index in [1.807, 2.05) is 60.8 Å². The Labute approximate surface area is 189 Å². The summed E-state index contributed by atoms with van der Waals surface area (Å²) in [5, 5.41) is 0. The number of aromatic amines is 1. The van der Waals surface area contributed by atoms with Crippen molar-refractivity contribution in [3.8, 4) is 0 Å². The predicted octanol–water partition coefficient (Wildman–Crippen LogP) is 3.81. The van der Waals surface area contributed by atoms with Crippen LogP contribution < -0.4 is 4.90 Å². The number of anilines is 1. The van der Waals surface area contributed by atoms with Crippen LogP contribution in [0.25, 0.3) is 4.85 Å². The number of fused-ring (bicyclic) bond motifs is 1. The maximum absolute atomic E-state index is 13.4. The monoisotopic (exact) mass is 449 g/mol. The van der Waals surface area contributed by atoms with E-state index in [0.29, 0.717) is 25.2 Å². The molecule has 1 N–H and O–H groups in total. The van der Waals surface area contributed by atoms with Gasteiger partial charge in [-0.2, -0.15) is 17.0 Å². The molecule has 1 atom stereocenters. The number of H-pyrrole nitrogens is 1. The zero-order chi connectivity index (χ0) is 22.7. The Morgan fingerprint density at radius 3 is 2.56 bits per heavy atom. The van der Waals surface area contributed by atoms with Crippen LogP contribution >= 0.6 is 0 Å². The molecule has 2 aromatic carbocycles. The Hall–Kier alpha value is -3.12. The van der Waals surface area contributed by atoms with Crippen LogP contribution in [0.5, 0.6) is 0 Å². The molecule has 0 amide bonds. The smallest absolute Gasteiger partial charge is 0.282 e. The number of rotatable bonds is 6. The summed E-state index contributed by atoms with van der Waals surface area (Å²) in [7, 11) is -0.561. The summed E-state index contributed by atoms with van der Waals surface area (Å²) >= 11 is 0. The van der Waals surface area contributed by atoms with Crippen molar-refractivity contribution in [1.82, 2.24) is 13.6 Å². The molecular weight excluding hydrogens is 422 g/mol. The second-order valence-electron chi connectivity index (χ2n) is 8.18. The van der Waals surface area contributed by atoms with Crippen LogP contribution in [0.15, 0.2) is 66.9 Å². The van der Waals surface area contributed by atoms with E-state index in [4.69, 9.17) is 6.57 Å². The lowest BCUT2D eigenvalue weighted by Crippen LogP contribution is -2.49. The Morgan fingerprint density at radius 2 is 1.91 bits per heavy atom. The lowest BCUT2D eigenvalue weighted by molar-refractivity contribution is 0.297. The minimum absolute atomic E-state index is 0.220. The third kappa shape index (κ3) is 4.55. The van der Waals surface area contributed by atoms with Crippen LogP contribution in [-0.4, -0.2) is 48.7 Å². The highest BCUT2D eigenvalue weighted by atomic mass is 32.2. The second kappa shape index (κ2) is 9.17. The molecule has 0 bridgehead atoms. The average molecular weight is 450 g/mol. The first-order valence-corrected chi connectivity index (χ1v) is 11.9. The topological polar surface area (TPSA) is 64.0 Å². The summed E-state index contributed by atoms with van der Waals surface area (Å²) in [5.41, 5.74) is 4.44. The normalized spacial score (nSPS) is 17.1. The quantitative estimate of drug-likeness (QED) is 0.582. The minimum Gasteiger partial charge on any atom is -0.364 e. The lowest BCUT2D eigenvalue weighted by Gasteiger charge is -2.33. The van der Waals surface area contributed by atoms with Crippen molar-refractivity contribution >= 4 is 21.6 Å². The van der Waals surface area contributed by atoms with Crippen molar-refractivity contribution in [3.05, 3.63) is 95.1 Å². The molecule has 0 radical (unpaired) electrons. The molecule has 1 aliphatic heterocycles. The molecule has 3 aromatic rings. The van der Waals surface area contributed by atoms with Crippen LogP contribution in [0.1, 0.15) is 16.8 Å². The molecular formula is C24H27N5O2S. The molecule has 1 aromatic heterocycles. The van der Waals surface area contributed by atoms with Gasteiger partial charge in [0.15, 0.2) is 5.69 Å². The summed E-state index contributed by atoms with van der Waals surface area (Å²) in [6.07, 6.45) is 2.49. The number of aromatic nitrogens is 1. The van der Waals surface area contributed by atoms with Crippen molar-refractivity contribution in [2.45, 2.75) is 25.6 Å². The molecule has 1 aliphatic rings. The van der Waals surface area contributed by atoms with E-state index in [1.165, 1.54) is 4.31 Å². The van der Waals surface area contributed by atoms with Crippen LogP contribution in [0.3, 0.4) is 0 Å². The van der Waals surface area contributed by atoms with Crippen molar-refractivity contribution in [2.24, 2.45) is 0 Å². The highest BCUT2D eigenvalue weighted by molar-refractivity contribution is 7.86. The van der Waals surface area contributed by atoms with Crippen LogP contribution in [0.4, 0.5) is 11.4 Å². The van der Waals surface area contributed by atoms with Gasteiger partial charge in [0.2, 0.25) is 0 Å². The first kappa shape index (κ1) is 22.1. The Morgan fingerprint density at radius 1 is 1.12 bits per heavy atom. The number of benzene rings is 2. The van der Waals surface area contributed by atoms with Gasteiger partial charge in [-0.05, 0) is 41.8 Å². The van der Waals surface area contributed by atoms with Crippen molar-refractivity contribution < 1.29 is 8.42 Å². The zero-order valence-electron chi connectivity index (χ0n) is 18.3. The van der Waals surface area contributed by atoms with E-state index >= 15 is 0 Å². The molecule has 7 nitrogen and oxygen atoms in total. The number of nitrogens with one attached hydrogen (secondary N) is 1. The maximum atomic E-state index is 13.4.